The molecular formula is C12H14NO4P. The van der Waals surface area contributed by atoms with Gasteiger partial charge in [0.05, 0.1) is 11.9 Å². The van der Waals surface area contributed by atoms with E-state index in [1.54, 1.807) is 31.2 Å². The number of hydrogen-bond acceptors (Lipinski definition) is 4. The van der Waals surface area contributed by atoms with Gasteiger partial charge in [0.2, 0.25) is 0 Å². The van der Waals surface area contributed by atoms with Crippen LogP contribution in [0.4, 0.5) is 0 Å². The van der Waals surface area contributed by atoms with Crippen molar-refractivity contribution in [3.63, 3.8) is 0 Å². The maximum Gasteiger partial charge on any atom is 0.271 e. The first kappa shape index (κ1) is 12.9. The minimum Gasteiger partial charge on any atom is -0.506 e. The first-order valence-electron chi connectivity index (χ1n) is 5.56. The van der Waals surface area contributed by atoms with Crippen molar-refractivity contribution in [3.05, 3.63) is 35.1 Å². The molecule has 0 radical (unpaired) electrons. The Kier molecular flexibility index (Phi) is 3.28. The topological polar surface area (TPSA) is 75.6 Å². The molecule has 1 aliphatic rings. The normalized spacial score (nSPS) is 21.9. The first-order valence-corrected chi connectivity index (χ1v) is 7.19. The molecule has 1 atom stereocenters. The third kappa shape index (κ3) is 1.67. The molecule has 0 saturated heterocycles. The number of aliphatic hydroxyl groups excluding tert-OH is 1. The summed E-state index contributed by atoms with van der Waals surface area (Å²) < 4.78 is 18.2. The number of likely N-dealkylation sites (N-methyl/N-ethyl adjacent to an activating group) is 1. The van der Waals surface area contributed by atoms with Gasteiger partial charge in [-0.25, -0.2) is 0 Å². The van der Waals surface area contributed by atoms with Gasteiger partial charge in [-0.1, -0.05) is 18.2 Å². The van der Waals surface area contributed by atoms with Crippen molar-refractivity contribution in [1.29, 1.82) is 0 Å². The standard InChI is InChI=1S/C12H14NO4P/c1-3-17-18(16)9-7-5-4-6-8(9)10(14)11(18)12(15)13-2/h4-7,14H,3H2,1-2H3,(H,13,15). The fourth-order valence-corrected chi connectivity index (χ4v) is 4.42. The quantitative estimate of drug-likeness (QED) is 0.816. The molecular weight excluding hydrogens is 253 g/mol. The molecule has 1 aliphatic heterocycles. The maximum absolute atomic E-state index is 12.9. The van der Waals surface area contributed by atoms with E-state index < -0.39 is 13.3 Å². The number of aliphatic hydroxyl groups is 1. The summed E-state index contributed by atoms with van der Waals surface area (Å²) in [6.07, 6.45) is 0. The first-order chi connectivity index (χ1) is 8.56. The molecule has 1 amide bonds. The zero-order valence-electron chi connectivity index (χ0n) is 10.1. The number of amides is 1. The number of rotatable bonds is 3. The highest BCUT2D eigenvalue weighted by molar-refractivity contribution is 7.73. The summed E-state index contributed by atoms with van der Waals surface area (Å²) in [7, 11) is -2.06. The van der Waals surface area contributed by atoms with Gasteiger partial charge in [-0.3, -0.25) is 9.36 Å². The van der Waals surface area contributed by atoms with Gasteiger partial charge < -0.3 is 14.9 Å². The largest absolute Gasteiger partial charge is 0.506 e. The fourth-order valence-electron chi connectivity index (χ4n) is 1.99. The Morgan fingerprint density at radius 1 is 1.44 bits per heavy atom. The SMILES string of the molecule is CCOP1(=O)C(C(=O)NC)=C(O)c2ccccc21. The van der Waals surface area contributed by atoms with Crippen molar-refractivity contribution >= 4 is 24.3 Å². The van der Waals surface area contributed by atoms with Crippen molar-refractivity contribution in [2.75, 3.05) is 13.7 Å². The highest BCUT2D eigenvalue weighted by Crippen LogP contribution is 2.60. The molecule has 1 aromatic rings. The lowest BCUT2D eigenvalue weighted by atomic mass is 10.2. The molecule has 18 heavy (non-hydrogen) atoms. The van der Waals surface area contributed by atoms with E-state index in [1.807, 2.05) is 0 Å². The number of carbonyl (C=O) groups excluding carboxylic acids is 1. The van der Waals surface area contributed by atoms with E-state index in [-0.39, 0.29) is 17.7 Å². The lowest BCUT2D eigenvalue weighted by Crippen LogP contribution is -2.22. The number of carbonyl (C=O) groups is 1. The van der Waals surface area contributed by atoms with Gasteiger partial charge in [-0.15, -0.1) is 0 Å². The minimum absolute atomic E-state index is 0.173. The van der Waals surface area contributed by atoms with Gasteiger partial charge in [0.1, 0.15) is 11.1 Å². The average molecular weight is 267 g/mol. The van der Waals surface area contributed by atoms with Crippen LogP contribution in [0.5, 0.6) is 0 Å². The lowest BCUT2D eigenvalue weighted by Gasteiger charge is -2.15. The predicted molar refractivity (Wildman–Crippen MR) is 68.9 cm³/mol. The summed E-state index contributed by atoms with van der Waals surface area (Å²) in [6.45, 7) is 1.89. The molecule has 2 rings (SSSR count). The van der Waals surface area contributed by atoms with E-state index in [9.17, 15) is 14.5 Å². The third-order valence-electron chi connectivity index (χ3n) is 2.75. The van der Waals surface area contributed by atoms with Crippen LogP contribution in [0.1, 0.15) is 12.5 Å². The van der Waals surface area contributed by atoms with Crippen LogP contribution in [0.2, 0.25) is 0 Å². The van der Waals surface area contributed by atoms with E-state index in [1.165, 1.54) is 7.05 Å². The Labute approximate surface area is 105 Å². The van der Waals surface area contributed by atoms with Crippen molar-refractivity contribution in [2.24, 2.45) is 0 Å². The zero-order chi connectivity index (χ0) is 13.3. The van der Waals surface area contributed by atoms with Gasteiger partial charge in [-0.2, -0.15) is 0 Å². The van der Waals surface area contributed by atoms with Gasteiger partial charge in [0.15, 0.2) is 0 Å². The minimum atomic E-state index is -3.48. The molecule has 0 spiro atoms. The highest BCUT2D eigenvalue weighted by atomic mass is 31.2. The summed E-state index contributed by atoms with van der Waals surface area (Å²) in [5.74, 6) is -0.845. The van der Waals surface area contributed by atoms with Crippen molar-refractivity contribution in [3.8, 4) is 0 Å². The van der Waals surface area contributed by atoms with Crippen molar-refractivity contribution in [1.82, 2.24) is 5.32 Å². The Morgan fingerprint density at radius 2 is 2.11 bits per heavy atom. The fraction of sp³-hybridized carbons (Fsp3) is 0.250. The number of nitrogens with one attached hydrogen (secondary N) is 1. The summed E-state index contributed by atoms with van der Waals surface area (Å²) >= 11 is 0. The molecule has 1 heterocycles. The van der Waals surface area contributed by atoms with Crippen LogP contribution in [0.3, 0.4) is 0 Å². The van der Waals surface area contributed by atoms with E-state index in [2.05, 4.69) is 5.32 Å². The molecule has 0 aliphatic carbocycles. The number of fused-ring (bicyclic) bond motifs is 1. The van der Waals surface area contributed by atoms with E-state index >= 15 is 0 Å². The Bertz CT molecular complexity index is 579. The molecule has 96 valence electrons. The second kappa shape index (κ2) is 4.59. The van der Waals surface area contributed by atoms with Crippen LogP contribution < -0.4 is 10.6 Å². The molecule has 1 aromatic carbocycles. The average Bonchev–Trinajstić information content (AvgIpc) is 2.59. The monoisotopic (exact) mass is 267 g/mol. The number of benzene rings is 1. The van der Waals surface area contributed by atoms with Gasteiger partial charge >= 0.3 is 0 Å². The third-order valence-corrected chi connectivity index (χ3v) is 5.40. The summed E-state index contributed by atoms with van der Waals surface area (Å²) in [5, 5.41) is 12.7. The Balaban J connectivity index is 2.69. The molecule has 2 N–H and O–H groups in total. The second-order valence-corrected chi connectivity index (χ2v) is 6.05. The molecule has 6 heteroatoms. The lowest BCUT2D eigenvalue weighted by molar-refractivity contribution is -0.116. The van der Waals surface area contributed by atoms with Crippen LogP contribution in [0.25, 0.3) is 5.76 Å². The molecule has 1 unspecified atom stereocenters. The zero-order valence-corrected chi connectivity index (χ0v) is 11.0. The number of hydrogen-bond donors (Lipinski definition) is 2. The smallest absolute Gasteiger partial charge is 0.271 e. The maximum atomic E-state index is 12.9. The predicted octanol–water partition coefficient (Wildman–Crippen LogP) is 1.61. The Morgan fingerprint density at radius 3 is 2.72 bits per heavy atom. The molecule has 0 fully saturated rings. The molecule has 0 saturated carbocycles. The van der Waals surface area contributed by atoms with Crippen LogP contribution in [-0.2, 0) is 13.9 Å². The van der Waals surface area contributed by atoms with Gasteiger partial charge in [0.25, 0.3) is 13.3 Å². The van der Waals surface area contributed by atoms with E-state index in [0.29, 0.717) is 10.9 Å². The second-order valence-electron chi connectivity index (χ2n) is 3.76. The van der Waals surface area contributed by atoms with Gasteiger partial charge in [-0.05, 0) is 13.0 Å². The Hall–Kier alpha value is -1.58. The van der Waals surface area contributed by atoms with E-state index in [4.69, 9.17) is 4.52 Å². The van der Waals surface area contributed by atoms with E-state index in [0.717, 1.165) is 0 Å². The van der Waals surface area contributed by atoms with Crippen LogP contribution in [-0.4, -0.2) is 24.7 Å². The summed E-state index contributed by atoms with van der Waals surface area (Å²) in [5.41, 5.74) is 0.396. The highest BCUT2D eigenvalue weighted by Gasteiger charge is 2.45. The van der Waals surface area contributed by atoms with Crippen LogP contribution >= 0.6 is 7.37 Å². The molecule has 0 aromatic heterocycles. The molecule has 0 bridgehead atoms. The van der Waals surface area contributed by atoms with Crippen LogP contribution in [0.15, 0.2) is 29.6 Å². The van der Waals surface area contributed by atoms with Crippen molar-refractivity contribution < 1.29 is 19.0 Å². The molecule has 5 nitrogen and oxygen atoms in total. The van der Waals surface area contributed by atoms with Gasteiger partial charge in [0, 0.05) is 12.6 Å². The van der Waals surface area contributed by atoms with Crippen LogP contribution in [0, 0.1) is 0 Å². The summed E-state index contributed by atoms with van der Waals surface area (Å²) in [4.78, 5) is 11.8. The summed E-state index contributed by atoms with van der Waals surface area (Å²) in [6, 6.07) is 6.63. The van der Waals surface area contributed by atoms with Crippen molar-refractivity contribution in [2.45, 2.75) is 6.92 Å².